The van der Waals surface area contributed by atoms with Crippen molar-refractivity contribution in [2.45, 2.75) is 10.6 Å². The van der Waals surface area contributed by atoms with Gasteiger partial charge < -0.3 is 5.73 Å². The lowest BCUT2D eigenvalue weighted by Crippen LogP contribution is -2.11. The molecule has 0 amide bonds. The Labute approximate surface area is 135 Å². The molecule has 0 fully saturated rings. The third kappa shape index (κ3) is 3.73. The van der Waals surface area contributed by atoms with Gasteiger partial charge in [0.2, 0.25) is 0 Å². The monoisotopic (exact) mass is 394 g/mol. The Hall–Kier alpha value is -0.600. The third-order valence-electron chi connectivity index (χ3n) is 2.46. The molecular weight excluding hydrogens is 384 g/mol. The van der Waals surface area contributed by atoms with E-state index in [0.29, 0.717) is 28.1 Å². The first-order chi connectivity index (χ1) is 9.42. The van der Waals surface area contributed by atoms with E-state index in [1.165, 1.54) is 11.3 Å². The van der Waals surface area contributed by atoms with Gasteiger partial charge in [-0.25, -0.2) is 8.42 Å². The topological polar surface area (TPSA) is 72.2 Å². The Morgan fingerprint density at radius 1 is 1.30 bits per heavy atom. The van der Waals surface area contributed by atoms with Crippen molar-refractivity contribution in [3.63, 3.8) is 0 Å². The Bertz CT molecular complexity index is 716. The second-order valence-electron chi connectivity index (χ2n) is 3.99. The first-order valence-electron chi connectivity index (χ1n) is 5.69. The quantitative estimate of drug-likeness (QED) is 0.814. The van der Waals surface area contributed by atoms with Crippen LogP contribution < -0.4 is 10.5 Å². The van der Waals surface area contributed by atoms with Crippen molar-refractivity contribution in [3.8, 4) is 0 Å². The molecule has 0 aliphatic carbocycles. The smallest absolute Gasteiger partial charge is 0.271 e. The van der Waals surface area contributed by atoms with Crippen LogP contribution in [0.25, 0.3) is 0 Å². The Morgan fingerprint density at radius 2 is 2.05 bits per heavy atom. The minimum atomic E-state index is -3.59. The maximum absolute atomic E-state index is 12.2. The predicted octanol–water partition coefficient (Wildman–Crippen LogP) is 3.47. The van der Waals surface area contributed by atoms with Gasteiger partial charge in [-0.15, -0.1) is 11.3 Å². The van der Waals surface area contributed by atoms with E-state index < -0.39 is 10.0 Å². The Morgan fingerprint density at radius 3 is 2.70 bits per heavy atom. The molecule has 1 aromatic carbocycles. The van der Waals surface area contributed by atoms with Crippen molar-refractivity contribution in [2.75, 3.05) is 11.3 Å². The zero-order chi connectivity index (χ0) is 14.8. The average molecular weight is 396 g/mol. The second kappa shape index (κ2) is 6.44. The number of sulfonamides is 1. The SMILES string of the molecule is NCCc1ccc(S(=O)(=O)Nc2ccc(Br)c(Cl)c2)s1. The van der Waals surface area contributed by atoms with Crippen LogP contribution in [0.15, 0.2) is 39.0 Å². The van der Waals surface area contributed by atoms with Crippen LogP contribution in [0.2, 0.25) is 5.02 Å². The summed E-state index contributed by atoms with van der Waals surface area (Å²) in [4.78, 5) is 0.946. The molecule has 0 radical (unpaired) electrons. The summed E-state index contributed by atoms with van der Waals surface area (Å²) in [5.74, 6) is 0. The molecular formula is C12H12BrClN2O2S2. The van der Waals surface area contributed by atoms with Crippen molar-refractivity contribution in [3.05, 3.63) is 44.7 Å². The molecule has 4 nitrogen and oxygen atoms in total. The summed E-state index contributed by atoms with van der Waals surface area (Å²) in [5, 5.41) is 0.445. The fourth-order valence-corrected chi connectivity index (χ4v) is 4.39. The van der Waals surface area contributed by atoms with Crippen LogP contribution in [0.3, 0.4) is 0 Å². The highest BCUT2D eigenvalue weighted by molar-refractivity contribution is 9.10. The third-order valence-corrected chi connectivity index (χ3v) is 6.72. The summed E-state index contributed by atoms with van der Waals surface area (Å²) >= 11 is 10.4. The number of benzene rings is 1. The molecule has 0 unspecified atom stereocenters. The van der Waals surface area contributed by atoms with Crippen molar-refractivity contribution in [1.82, 2.24) is 0 Å². The predicted molar refractivity (Wildman–Crippen MR) is 87.0 cm³/mol. The van der Waals surface area contributed by atoms with Gasteiger partial charge in [-0.1, -0.05) is 11.6 Å². The minimum Gasteiger partial charge on any atom is -0.330 e. The number of nitrogens with one attached hydrogen (secondary N) is 1. The molecule has 0 saturated heterocycles. The number of halogens is 2. The normalized spacial score (nSPS) is 11.6. The van der Waals surface area contributed by atoms with E-state index in [4.69, 9.17) is 17.3 Å². The summed E-state index contributed by atoms with van der Waals surface area (Å²) in [5.41, 5.74) is 5.88. The van der Waals surface area contributed by atoms with Crippen LogP contribution in [0.1, 0.15) is 4.88 Å². The molecule has 0 atom stereocenters. The van der Waals surface area contributed by atoms with Gasteiger partial charge >= 0.3 is 0 Å². The van der Waals surface area contributed by atoms with E-state index in [9.17, 15) is 8.42 Å². The molecule has 1 aromatic heterocycles. The van der Waals surface area contributed by atoms with Gasteiger partial charge in [0.05, 0.1) is 10.7 Å². The van der Waals surface area contributed by atoms with Crippen molar-refractivity contribution in [2.24, 2.45) is 5.73 Å². The summed E-state index contributed by atoms with van der Waals surface area (Å²) in [6, 6.07) is 8.24. The molecule has 8 heteroatoms. The van der Waals surface area contributed by atoms with Crippen molar-refractivity contribution >= 4 is 54.6 Å². The van der Waals surface area contributed by atoms with Gasteiger partial charge in [-0.05, 0) is 59.2 Å². The van der Waals surface area contributed by atoms with Gasteiger partial charge in [-0.3, -0.25) is 4.72 Å². The van der Waals surface area contributed by atoms with E-state index in [2.05, 4.69) is 20.7 Å². The lowest BCUT2D eigenvalue weighted by molar-refractivity contribution is 0.603. The molecule has 2 aromatic rings. The molecule has 3 N–H and O–H groups in total. The van der Waals surface area contributed by atoms with E-state index >= 15 is 0 Å². The first kappa shape index (κ1) is 15.8. The maximum atomic E-state index is 12.2. The number of hydrogen-bond donors (Lipinski definition) is 2. The number of rotatable bonds is 5. The lowest BCUT2D eigenvalue weighted by atomic mass is 10.3. The van der Waals surface area contributed by atoms with Crippen LogP contribution in [0.5, 0.6) is 0 Å². The Balaban J connectivity index is 2.23. The second-order valence-corrected chi connectivity index (χ2v) is 8.33. The highest BCUT2D eigenvalue weighted by Gasteiger charge is 2.17. The van der Waals surface area contributed by atoms with Gasteiger partial charge in [-0.2, -0.15) is 0 Å². The molecule has 20 heavy (non-hydrogen) atoms. The minimum absolute atomic E-state index is 0.264. The Kier molecular flexibility index (Phi) is 5.09. The number of thiophene rings is 1. The molecule has 0 aliphatic rings. The molecule has 0 bridgehead atoms. The zero-order valence-electron chi connectivity index (χ0n) is 10.3. The van der Waals surface area contributed by atoms with Gasteiger partial charge in [0, 0.05) is 9.35 Å². The van der Waals surface area contributed by atoms with Crippen LogP contribution >= 0.6 is 38.9 Å². The van der Waals surface area contributed by atoms with E-state index in [1.807, 2.05) is 0 Å². The van der Waals surface area contributed by atoms with Gasteiger partial charge in [0.25, 0.3) is 10.0 Å². The van der Waals surface area contributed by atoms with Crippen molar-refractivity contribution < 1.29 is 8.42 Å². The maximum Gasteiger partial charge on any atom is 0.271 e. The molecule has 2 rings (SSSR count). The molecule has 0 saturated carbocycles. The average Bonchev–Trinajstić information content (AvgIpc) is 2.83. The highest BCUT2D eigenvalue weighted by atomic mass is 79.9. The molecule has 0 spiro atoms. The molecule has 0 aliphatic heterocycles. The summed E-state index contributed by atoms with van der Waals surface area (Å²) in [7, 11) is -3.59. The van der Waals surface area contributed by atoms with E-state index in [-0.39, 0.29) is 4.21 Å². The lowest BCUT2D eigenvalue weighted by Gasteiger charge is -2.07. The van der Waals surface area contributed by atoms with Gasteiger partial charge in [0.1, 0.15) is 4.21 Å². The number of nitrogens with two attached hydrogens (primary N) is 1. The highest BCUT2D eigenvalue weighted by Crippen LogP contribution is 2.28. The number of hydrogen-bond acceptors (Lipinski definition) is 4. The van der Waals surface area contributed by atoms with Crippen LogP contribution in [0.4, 0.5) is 5.69 Å². The number of anilines is 1. The first-order valence-corrected chi connectivity index (χ1v) is 9.16. The van der Waals surface area contributed by atoms with E-state index in [0.717, 1.165) is 4.88 Å². The van der Waals surface area contributed by atoms with E-state index in [1.54, 1.807) is 30.3 Å². The molecule has 1 heterocycles. The fraction of sp³-hybridized carbons (Fsp3) is 0.167. The zero-order valence-corrected chi connectivity index (χ0v) is 14.2. The summed E-state index contributed by atoms with van der Waals surface area (Å²) in [6.45, 7) is 0.496. The van der Waals surface area contributed by atoms with Gasteiger partial charge in [0.15, 0.2) is 0 Å². The van der Waals surface area contributed by atoms with Crippen LogP contribution in [-0.2, 0) is 16.4 Å². The summed E-state index contributed by atoms with van der Waals surface area (Å²) < 4.78 is 27.9. The summed E-state index contributed by atoms with van der Waals surface area (Å²) in [6.07, 6.45) is 0.671. The fourth-order valence-electron chi connectivity index (χ4n) is 1.54. The van der Waals surface area contributed by atoms with Crippen molar-refractivity contribution in [1.29, 1.82) is 0 Å². The van der Waals surface area contributed by atoms with Crippen LogP contribution in [0, 0.1) is 0 Å². The standard InChI is InChI=1S/C12H12BrClN2O2S2/c13-10-3-1-8(7-11(10)14)16-20(17,18)12-4-2-9(19-12)5-6-15/h1-4,7,16H,5-6,15H2. The largest absolute Gasteiger partial charge is 0.330 e. The molecule has 108 valence electrons. The van der Waals surface area contributed by atoms with Crippen LogP contribution in [-0.4, -0.2) is 15.0 Å².